The number of hydrogen-bond donors (Lipinski definition) is 3. The van der Waals surface area contributed by atoms with Crippen molar-refractivity contribution in [1.29, 1.82) is 0 Å². The van der Waals surface area contributed by atoms with E-state index < -0.39 is 23.7 Å². The molecule has 9 heteroatoms. The van der Waals surface area contributed by atoms with Crippen LogP contribution in [0.15, 0.2) is 66.7 Å². The minimum absolute atomic E-state index is 0.0172. The number of amides is 2. The van der Waals surface area contributed by atoms with Crippen LogP contribution in [0.5, 0.6) is 5.75 Å². The molecule has 53 heavy (non-hydrogen) atoms. The molecule has 0 bridgehead atoms. The lowest BCUT2D eigenvalue weighted by molar-refractivity contribution is -0.132. The first kappa shape index (κ1) is 39.7. The van der Waals surface area contributed by atoms with Crippen LogP contribution < -0.4 is 25.2 Å². The number of carbonyl (C=O) groups is 3. The third kappa shape index (κ3) is 10.3. The molecule has 2 saturated heterocycles. The van der Waals surface area contributed by atoms with Crippen LogP contribution in [0.2, 0.25) is 0 Å². The largest absolute Gasteiger partial charge is 0.493 e. The van der Waals surface area contributed by atoms with Gasteiger partial charge < -0.3 is 30.3 Å². The van der Waals surface area contributed by atoms with Gasteiger partial charge in [0.2, 0.25) is 11.8 Å². The first-order valence-corrected chi connectivity index (χ1v) is 19.9. The summed E-state index contributed by atoms with van der Waals surface area (Å²) in [5, 5.41) is 16.6. The molecule has 5 rings (SSSR count). The Hall–Kier alpha value is -4.53. The number of ether oxygens (including phenoxy) is 1. The lowest BCUT2D eigenvalue weighted by Gasteiger charge is -2.34. The van der Waals surface area contributed by atoms with E-state index in [9.17, 15) is 19.5 Å². The van der Waals surface area contributed by atoms with Gasteiger partial charge in [-0.05, 0) is 111 Å². The monoisotopic (exact) mass is 724 g/mol. The Morgan fingerprint density at radius 2 is 1.13 bits per heavy atom. The number of nitrogens with one attached hydrogen (secondary N) is 2. The third-order valence-corrected chi connectivity index (χ3v) is 10.5. The van der Waals surface area contributed by atoms with Crippen molar-refractivity contribution >= 4 is 29.2 Å². The van der Waals surface area contributed by atoms with Gasteiger partial charge in [-0.3, -0.25) is 9.59 Å². The Kier molecular flexibility index (Phi) is 14.2. The average molecular weight is 725 g/mol. The Balaban J connectivity index is 1.55. The van der Waals surface area contributed by atoms with Gasteiger partial charge in [0.05, 0.1) is 18.7 Å². The molecule has 0 aliphatic carbocycles. The van der Waals surface area contributed by atoms with Crippen molar-refractivity contribution in [1.82, 2.24) is 10.6 Å². The number of benzene rings is 3. The zero-order valence-electron chi connectivity index (χ0n) is 32.4. The van der Waals surface area contributed by atoms with Gasteiger partial charge >= 0.3 is 5.97 Å². The zero-order valence-corrected chi connectivity index (χ0v) is 32.4. The van der Waals surface area contributed by atoms with E-state index in [0.29, 0.717) is 18.4 Å². The molecule has 286 valence electrons. The molecule has 0 aromatic heterocycles. The highest BCUT2D eigenvalue weighted by Crippen LogP contribution is 2.36. The average Bonchev–Trinajstić information content (AvgIpc) is 3.15. The summed E-state index contributed by atoms with van der Waals surface area (Å²) in [6.07, 6.45) is 8.32. The number of rotatable bonds is 16. The van der Waals surface area contributed by atoms with E-state index in [4.69, 9.17) is 4.74 Å². The predicted octanol–water partition coefficient (Wildman–Crippen LogP) is 8.65. The number of piperidine rings is 2. The summed E-state index contributed by atoms with van der Waals surface area (Å²) in [5.74, 6) is -2.59. The highest BCUT2D eigenvalue weighted by Gasteiger charge is 2.35. The molecule has 3 aromatic carbocycles. The number of carbonyl (C=O) groups excluding carboxylic acids is 2. The normalized spacial score (nSPS) is 16.6. The van der Waals surface area contributed by atoms with E-state index in [1.165, 1.54) is 18.9 Å². The zero-order chi connectivity index (χ0) is 37.9. The van der Waals surface area contributed by atoms with Crippen LogP contribution in [0, 0.1) is 11.8 Å². The summed E-state index contributed by atoms with van der Waals surface area (Å²) in [6.45, 7) is 14.5. The number of hydrogen-bond acceptors (Lipinski definition) is 6. The van der Waals surface area contributed by atoms with E-state index in [-0.39, 0.29) is 41.8 Å². The molecule has 3 aromatic rings. The number of nitrogens with zero attached hydrogens (tertiary/aromatic N) is 2. The van der Waals surface area contributed by atoms with E-state index in [1.54, 1.807) is 19.1 Å². The van der Waals surface area contributed by atoms with Crippen molar-refractivity contribution in [2.75, 3.05) is 42.6 Å². The van der Waals surface area contributed by atoms with Crippen molar-refractivity contribution in [3.05, 3.63) is 89.0 Å². The van der Waals surface area contributed by atoms with Crippen molar-refractivity contribution in [2.24, 2.45) is 11.8 Å². The van der Waals surface area contributed by atoms with Crippen LogP contribution in [0.4, 0.5) is 11.4 Å². The Morgan fingerprint density at radius 3 is 1.55 bits per heavy atom. The van der Waals surface area contributed by atoms with Gasteiger partial charge in [-0.2, -0.15) is 0 Å². The molecule has 2 aliphatic rings. The number of carboxylic acids is 1. The molecular weight excluding hydrogens is 665 g/mol. The van der Waals surface area contributed by atoms with Crippen molar-refractivity contribution in [3.63, 3.8) is 0 Å². The van der Waals surface area contributed by atoms with E-state index in [2.05, 4.69) is 72.4 Å². The molecule has 0 saturated carbocycles. The summed E-state index contributed by atoms with van der Waals surface area (Å²) >= 11 is 0. The van der Waals surface area contributed by atoms with Gasteiger partial charge in [-0.25, -0.2) is 4.79 Å². The summed E-state index contributed by atoms with van der Waals surface area (Å²) in [5.41, 5.74) is 4.69. The van der Waals surface area contributed by atoms with Gasteiger partial charge in [0.1, 0.15) is 17.2 Å². The van der Waals surface area contributed by atoms with E-state index in [0.717, 1.165) is 74.4 Å². The SMILES string of the molecule is CCOc1cc(C(C(=O)NC(CC(C)C)c2ccccc2N2CCCCC2)C(=O)NC(CC(C)C)c2ccccc2N2CCCCC2)ccc1C(=O)O. The summed E-state index contributed by atoms with van der Waals surface area (Å²) < 4.78 is 5.77. The molecule has 2 atom stereocenters. The maximum absolute atomic E-state index is 14.8. The first-order chi connectivity index (χ1) is 25.6. The molecular formula is C44H60N4O5. The van der Waals surface area contributed by atoms with Gasteiger partial charge in [-0.1, -0.05) is 70.2 Å². The molecule has 2 heterocycles. The maximum atomic E-state index is 14.8. The molecule has 3 N–H and O–H groups in total. The van der Waals surface area contributed by atoms with Crippen LogP contribution in [0.3, 0.4) is 0 Å². The standard InChI is InChI=1S/C44H60N4O5/c1-6-53-40-29-32(21-22-35(40)44(51)52)41(42(49)45-36(27-30(2)3)33-17-9-11-19-38(33)47-23-13-7-14-24-47)43(50)46-37(28-31(4)5)34-18-10-12-20-39(34)48-25-15-8-16-26-48/h9-12,17-22,29-31,36-37,41H,6-8,13-16,23-28H2,1-5H3,(H,45,49)(H,46,50)(H,51,52). The topological polar surface area (TPSA) is 111 Å². The number of para-hydroxylation sites is 2. The fourth-order valence-corrected chi connectivity index (χ4v) is 7.98. The summed E-state index contributed by atoms with van der Waals surface area (Å²) in [7, 11) is 0. The number of aromatic carboxylic acids is 1. The Bertz CT molecular complexity index is 1590. The maximum Gasteiger partial charge on any atom is 0.339 e. The fourth-order valence-electron chi connectivity index (χ4n) is 7.98. The van der Waals surface area contributed by atoms with E-state index in [1.807, 2.05) is 24.3 Å². The van der Waals surface area contributed by atoms with Gasteiger partial charge in [0, 0.05) is 37.6 Å². The minimum Gasteiger partial charge on any atom is -0.493 e. The summed E-state index contributed by atoms with van der Waals surface area (Å²) in [6, 6.07) is 20.5. The number of carboxylic acid groups (broad SMARTS) is 1. The van der Waals surface area contributed by atoms with Crippen molar-refractivity contribution < 1.29 is 24.2 Å². The lowest BCUT2D eigenvalue weighted by Crippen LogP contribution is -2.43. The Morgan fingerprint density at radius 1 is 0.679 bits per heavy atom. The van der Waals surface area contributed by atoms with Crippen LogP contribution in [-0.4, -0.2) is 55.7 Å². The van der Waals surface area contributed by atoms with Crippen molar-refractivity contribution in [2.45, 2.75) is 104 Å². The van der Waals surface area contributed by atoms with E-state index >= 15 is 0 Å². The van der Waals surface area contributed by atoms with Crippen LogP contribution >= 0.6 is 0 Å². The van der Waals surface area contributed by atoms with Crippen LogP contribution in [0.25, 0.3) is 0 Å². The van der Waals surface area contributed by atoms with Gasteiger partial charge in [0.25, 0.3) is 0 Å². The highest BCUT2D eigenvalue weighted by molar-refractivity contribution is 6.06. The molecule has 2 amide bonds. The second-order valence-electron chi connectivity index (χ2n) is 15.5. The third-order valence-electron chi connectivity index (χ3n) is 10.5. The van der Waals surface area contributed by atoms with Crippen LogP contribution in [0.1, 0.15) is 131 Å². The van der Waals surface area contributed by atoms with Crippen molar-refractivity contribution in [3.8, 4) is 5.75 Å². The smallest absolute Gasteiger partial charge is 0.339 e. The highest BCUT2D eigenvalue weighted by atomic mass is 16.5. The van der Waals surface area contributed by atoms with Crippen LogP contribution in [-0.2, 0) is 9.59 Å². The fraction of sp³-hybridized carbons (Fsp3) is 0.523. The second kappa shape index (κ2) is 19.0. The molecule has 2 unspecified atom stereocenters. The lowest BCUT2D eigenvalue weighted by atomic mass is 9.90. The molecule has 9 nitrogen and oxygen atoms in total. The first-order valence-electron chi connectivity index (χ1n) is 19.9. The number of anilines is 2. The minimum atomic E-state index is -1.26. The quantitative estimate of drug-likeness (QED) is 0.127. The molecule has 0 spiro atoms. The van der Waals surface area contributed by atoms with Gasteiger partial charge in [0.15, 0.2) is 0 Å². The Labute approximate surface area is 316 Å². The van der Waals surface area contributed by atoms with Gasteiger partial charge in [-0.15, -0.1) is 0 Å². The second-order valence-corrected chi connectivity index (χ2v) is 15.5. The molecule has 0 radical (unpaired) electrons. The molecule has 2 aliphatic heterocycles. The predicted molar refractivity (Wildman–Crippen MR) is 213 cm³/mol. The molecule has 2 fully saturated rings. The summed E-state index contributed by atoms with van der Waals surface area (Å²) in [4.78, 5) is 46.6.